The largest absolute Gasteiger partial charge is 0.306 e. The van der Waals surface area contributed by atoms with Gasteiger partial charge in [0.05, 0.1) is 11.4 Å². The third kappa shape index (κ3) is 4.14. The number of nitrogens with zero attached hydrogens (tertiary/aromatic N) is 3. The second kappa shape index (κ2) is 7.59. The first-order valence-electron chi connectivity index (χ1n) is 9.21. The van der Waals surface area contributed by atoms with Crippen molar-refractivity contribution >= 4 is 0 Å². The minimum absolute atomic E-state index is 0.126. The molecule has 7 heteroatoms. The first-order chi connectivity index (χ1) is 13.5. The predicted octanol–water partition coefficient (Wildman–Crippen LogP) is 3.73. The van der Waals surface area contributed by atoms with E-state index < -0.39 is 5.92 Å². The van der Waals surface area contributed by atoms with Gasteiger partial charge in [-0.25, -0.2) is 13.8 Å². The number of aromatic nitrogens is 3. The summed E-state index contributed by atoms with van der Waals surface area (Å²) in [6, 6.07) is 14.4. The van der Waals surface area contributed by atoms with Crippen molar-refractivity contribution in [2.45, 2.75) is 25.3 Å². The van der Waals surface area contributed by atoms with Gasteiger partial charge in [-0.2, -0.15) is 0 Å². The molecule has 2 aromatic heterocycles. The molecule has 1 aliphatic heterocycles. The van der Waals surface area contributed by atoms with Crippen LogP contribution in [0.25, 0.3) is 22.8 Å². The first kappa shape index (κ1) is 18.4. The monoisotopic (exact) mass is 382 g/mol. The molecule has 144 valence electrons. The van der Waals surface area contributed by atoms with Gasteiger partial charge in [-0.3, -0.25) is 14.7 Å². The summed E-state index contributed by atoms with van der Waals surface area (Å²) in [5.41, 5.74) is 2.57. The summed E-state index contributed by atoms with van der Waals surface area (Å²) in [5, 5.41) is 0. The number of hydrogen-bond donors (Lipinski definition) is 1. The number of alkyl halides is 2. The minimum Gasteiger partial charge on any atom is -0.306 e. The van der Waals surface area contributed by atoms with E-state index in [0.29, 0.717) is 36.8 Å². The number of piperidine rings is 1. The standard InChI is InChI=1S/C21H20F2N4O/c22-21(23)8-11-27(12-9-21)14-15-5-1-2-6-16(15)20-25-18(13-19(28)26-20)17-7-3-4-10-24-17/h1-7,10,13H,8-9,11-12,14H2,(H,25,26,28). The quantitative estimate of drug-likeness (QED) is 0.747. The summed E-state index contributed by atoms with van der Waals surface area (Å²) in [7, 11) is 0. The second-order valence-corrected chi connectivity index (χ2v) is 6.98. The van der Waals surface area contributed by atoms with Gasteiger partial charge >= 0.3 is 0 Å². The van der Waals surface area contributed by atoms with Crippen LogP contribution in [0.2, 0.25) is 0 Å². The van der Waals surface area contributed by atoms with Crippen LogP contribution >= 0.6 is 0 Å². The van der Waals surface area contributed by atoms with E-state index in [1.165, 1.54) is 6.07 Å². The van der Waals surface area contributed by atoms with Crippen molar-refractivity contribution in [1.82, 2.24) is 19.9 Å². The fraction of sp³-hybridized carbons (Fsp3) is 0.286. The summed E-state index contributed by atoms with van der Waals surface area (Å²) < 4.78 is 26.9. The van der Waals surface area contributed by atoms with Crippen LogP contribution in [0.4, 0.5) is 8.78 Å². The normalized spacial score (nSPS) is 16.8. The van der Waals surface area contributed by atoms with Crippen molar-refractivity contribution in [3.63, 3.8) is 0 Å². The number of H-pyrrole nitrogens is 1. The van der Waals surface area contributed by atoms with Crippen LogP contribution in [0.1, 0.15) is 18.4 Å². The molecule has 0 radical (unpaired) electrons. The molecule has 0 unspecified atom stereocenters. The van der Waals surface area contributed by atoms with Gasteiger partial charge < -0.3 is 4.98 Å². The van der Waals surface area contributed by atoms with Gasteiger partial charge in [0.25, 0.3) is 11.5 Å². The molecule has 0 spiro atoms. The van der Waals surface area contributed by atoms with Gasteiger partial charge in [0.1, 0.15) is 5.82 Å². The van der Waals surface area contributed by atoms with E-state index in [9.17, 15) is 13.6 Å². The van der Waals surface area contributed by atoms with Crippen molar-refractivity contribution in [2.24, 2.45) is 0 Å². The Hall–Kier alpha value is -2.93. The smallest absolute Gasteiger partial charge is 0.251 e. The lowest BCUT2D eigenvalue weighted by atomic mass is 10.0. The fourth-order valence-electron chi connectivity index (χ4n) is 3.40. The molecule has 1 N–H and O–H groups in total. The lowest BCUT2D eigenvalue weighted by Gasteiger charge is -2.32. The number of pyridine rings is 1. The molecule has 0 aliphatic carbocycles. The highest BCUT2D eigenvalue weighted by atomic mass is 19.3. The van der Waals surface area contributed by atoms with Crippen LogP contribution < -0.4 is 5.56 Å². The SMILES string of the molecule is O=c1cc(-c2ccccn2)nc(-c2ccccc2CN2CCC(F)(F)CC2)[nH]1. The van der Waals surface area contributed by atoms with Crippen LogP contribution in [-0.4, -0.2) is 38.9 Å². The Kier molecular flexibility index (Phi) is 5.00. The Bertz CT molecular complexity index is 1010. The van der Waals surface area contributed by atoms with E-state index in [-0.39, 0.29) is 18.4 Å². The molecule has 1 aliphatic rings. The average molecular weight is 382 g/mol. The number of nitrogens with one attached hydrogen (secondary N) is 1. The van der Waals surface area contributed by atoms with E-state index >= 15 is 0 Å². The minimum atomic E-state index is -2.57. The summed E-state index contributed by atoms with van der Waals surface area (Å²) in [5.74, 6) is -2.12. The van der Waals surface area contributed by atoms with Crippen LogP contribution in [0.15, 0.2) is 59.5 Å². The zero-order valence-corrected chi connectivity index (χ0v) is 15.2. The van der Waals surface area contributed by atoms with E-state index in [1.807, 2.05) is 35.2 Å². The second-order valence-electron chi connectivity index (χ2n) is 6.98. The fourth-order valence-corrected chi connectivity index (χ4v) is 3.40. The van der Waals surface area contributed by atoms with Gasteiger partial charge in [0.15, 0.2) is 0 Å². The van der Waals surface area contributed by atoms with E-state index in [0.717, 1.165) is 11.1 Å². The van der Waals surface area contributed by atoms with Crippen molar-refractivity contribution in [2.75, 3.05) is 13.1 Å². The predicted molar refractivity (Wildman–Crippen MR) is 103 cm³/mol. The lowest BCUT2D eigenvalue weighted by Crippen LogP contribution is -2.38. The molecule has 0 amide bonds. The zero-order valence-electron chi connectivity index (χ0n) is 15.2. The topological polar surface area (TPSA) is 61.9 Å². The van der Waals surface area contributed by atoms with Gasteiger partial charge in [0, 0.05) is 50.3 Å². The van der Waals surface area contributed by atoms with Gasteiger partial charge in [0.2, 0.25) is 0 Å². The molecular formula is C21H20F2N4O. The first-order valence-corrected chi connectivity index (χ1v) is 9.21. The molecule has 1 fully saturated rings. The lowest BCUT2D eigenvalue weighted by molar-refractivity contribution is -0.0566. The maximum atomic E-state index is 13.4. The van der Waals surface area contributed by atoms with E-state index in [2.05, 4.69) is 15.0 Å². The highest BCUT2D eigenvalue weighted by Crippen LogP contribution is 2.30. The van der Waals surface area contributed by atoms with Crippen molar-refractivity contribution in [3.8, 4) is 22.8 Å². The molecule has 3 aromatic rings. The maximum Gasteiger partial charge on any atom is 0.251 e. The Morgan fingerprint density at radius 2 is 1.79 bits per heavy atom. The number of benzene rings is 1. The van der Waals surface area contributed by atoms with Crippen LogP contribution in [0, 0.1) is 0 Å². The average Bonchev–Trinajstić information content (AvgIpc) is 2.70. The van der Waals surface area contributed by atoms with Crippen molar-refractivity contribution < 1.29 is 8.78 Å². The molecule has 1 aromatic carbocycles. The molecule has 1 saturated heterocycles. The zero-order chi connectivity index (χ0) is 19.6. The number of likely N-dealkylation sites (tertiary alicyclic amines) is 1. The molecule has 4 rings (SSSR count). The van der Waals surface area contributed by atoms with E-state index in [1.54, 1.807) is 18.3 Å². The third-order valence-corrected chi connectivity index (χ3v) is 4.92. The number of rotatable bonds is 4. The van der Waals surface area contributed by atoms with Crippen molar-refractivity contribution in [1.29, 1.82) is 0 Å². The van der Waals surface area contributed by atoms with Crippen molar-refractivity contribution in [3.05, 3.63) is 70.6 Å². The highest BCUT2D eigenvalue weighted by Gasteiger charge is 2.34. The molecule has 28 heavy (non-hydrogen) atoms. The Balaban J connectivity index is 1.65. The van der Waals surface area contributed by atoms with Crippen LogP contribution in [0.5, 0.6) is 0 Å². The van der Waals surface area contributed by atoms with Gasteiger partial charge in [-0.05, 0) is 17.7 Å². The molecule has 5 nitrogen and oxygen atoms in total. The van der Waals surface area contributed by atoms with Gasteiger partial charge in [-0.15, -0.1) is 0 Å². The third-order valence-electron chi connectivity index (χ3n) is 4.92. The maximum absolute atomic E-state index is 13.4. The molecule has 0 atom stereocenters. The molecule has 0 bridgehead atoms. The van der Waals surface area contributed by atoms with Crippen LogP contribution in [0.3, 0.4) is 0 Å². The number of halogens is 2. The van der Waals surface area contributed by atoms with E-state index in [4.69, 9.17) is 0 Å². The Morgan fingerprint density at radius 3 is 2.54 bits per heavy atom. The Labute approximate surface area is 161 Å². The molecule has 0 saturated carbocycles. The van der Waals surface area contributed by atoms with Gasteiger partial charge in [-0.1, -0.05) is 30.3 Å². The summed E-state index contributed by atoms with van der Waals surface area (Å²) >= 11 is 0. The summed E-state index contributed by atoms with van der Waals surface area (Å²) in [4.78, 5) is 25.9. The summed E-state index contributed by atoms with van der Waals surface area (Å²) in [6.45, 7) is 1.22. The number of aromatic amines is 1. The van der Waals surface area contributed by atoms with Crippen LogP contribution in [-0.2, 0) is 6.54 Å². The molecular weight excluding hydrogens is 362 g/mol. The Morgan fingerprint density at radius 1 is 1.04 bits per heavy atom. The summed E-state index contributed by atoms with van der Waals surface area (Å²) in [6.07, 6.45) is 1.40. The number of hydrogen-bond acceptors (Lipinski definition) is 4. The highest BCUT2D eigenvalue weighted by molar-refractivity contribution is 5.63. The molecule has 3 heterocycles.